The van der Waals surface area contributed by atoms with E-state index in [0.717, 1.165) is 11.1 Å². The molecule has 0 bridgehead atoms. The zero-order valence-corrected chi connectivity index (χ0v) is 16.4. The van der Waals surface area contributed by atoms with Crippen LogP contribution in [0.15, 0.2) is 36.4 Å². The van der Waals surface area contributed by atoms with Gasteiger partial charge in [0.25, 0.3) is 5.91 Å². The molecule has 2 aromatic rings. The van der Waals surface area contributed by atoms with E-state index >= 15 is 0 Å². The Labute approximate surface area is 164 Å². The molecule has 0 aromatic heterocycles. The second kappa shape index (κ2) is 9.64. The Morgan fingerprint density at radius 3 is 2.11 bits per heavy atom. The number of amides is 1. The smallest absolute Gasteiger partial charge is 0.308 e. The molecule has 1 amide bonds. The summed E-state index contributed by atoms with van der Waals surface area (Å²) >= 11 is 0. The molecule has 0 fully saturated rings. The molecule has 0 heterocycles. The molecule has 0 radical (unpaired) electrons. The predicted octanol–water partition coefficient (Wildman–Crippen LogP) is 2.69. The number of hydrogen-bond acceptors (Lipinski definition) is 5. The fourth-order valence-electron chi connectivity index (χ4n) is 2.92. The Balaban J connectivity index is 2.13. The summed E-state index contributed by atoms with van der Waals surface area (Å²) < 4.78 is 15.8. The standard InChI is InChI=1S/C21H25NO6/c1-13-18(27-3)10-15(11-19(13)28-4)20(23)22-12-16(21(24)25)9-14-7-5-6-8-17(14)26-2/h5-8,10-11,16H,9,12H2,1-4H3,(H,22,23)(H,24,25). The van der Waals surface area contributed by atoms with E-state index in [1.54, 1.807) is 18.2 Å². The number of aliphatic carboxylic acids is 1. The summed E-state index contributed by atoms with van der Waals surface area (Å²) in [6, 6.07) is 10.4. The monoisotopic (exact) mass is 387 g/mol. The van der Waals surface area contributed by atoms with Crippen molar-refractivity contribution in [2.24, 2.45) is 5.92 Å². The van der Waals surface area contributed by atoms with Crippen LogP contribution in [-0.2, 0) is 11.2 Å². The quantitative estimate of drug-likeness (QED) is 0.687. The maximum Gasteiger partial charge on any atom is 0.308 e. The number of benzene rings is 2. The van der Waals surface area contributed by atoms with Crippen LogP contribution < -0.4 is 19.5 Å². The minimum absolute atomic E-state index is 0.0231. The third-order valence-electron chi connectivity index (χ3n) is 4.53. The average Bonchev–Trinajstić information content (AvgIpc) is 2.70. The molecule has 2 aromatic carbocycles. The molecule has 0 aliphatic rings. The van der Waals surface area contributed by atoms with Crippen molar-refractivity contribution < 1.29 is 28.9 Å². The van der Waals surface area contributed by atoms with Crippen LogP contribution in [0, 0.1) is 12.8 Å². The number of rotatable bonds is 9. The summed E-state index contributed by atoms with van der Waals surface area (Å²) in [5, 5.41) is 12.2. The van der Waals surface area contributed by atoms with Gasteiger partial charge in [0.2, 0.25) is 0 Å². The molecule has 7 heteroatoms. The lowest BCUT2D eigenvalue weighted by Gasteiger charge is -2.16. The summed E-state index contributed by atoms with van der Waals surface area (Å²) in [5.41, 5.74) is 1.88. The Hall–Kier alpha value is -3.22. The summed E-state index contributed by atoms with van der Waals surface area (Å²) in [7, 11) is 4.56. The molecule has 2 rings (SSSR count). The fourth-order valence-corrected chi connectivity index (χ4v) is 2.92. The topological polar surface area (TPSA) is 94.1 Å². The van der Waals surface area contributed by atoms with Gasteiger partial charge in [0, 0.05) is 17.7 Å². The van der Waals surface area contributed by atoms with Gasteiger partial charge in [-0.15, -0.1) is 0 Å². The minimum atomic E-state index is -0.995. The highest BCUT2D eigenvalue weighted by molar-refractivity contribution is 5.95. The Bertz CT molecular complexity index is 824. The van der Waals surface area contributed by atoms with Gasteiger partial charge in [-0.2, -0.15) is 0 Å². The number of carbonyl (C=O) groups excluding carboxylic acids is 1. The second-order valence-corrected chi connectivity index (χ2v) is 6.27. The van der Waals surface area contributed by atoms with Gasteiger partial charge in [0.1, 0.15) is 17.2 Å². The van der Waals surface area contributed by atoms with E-state index in [9.17, 15) is 14.7 Å². The number of carboxylic acid groups (broad SMARTS) is 1. The lowest BCUT2D eigenvalue weighted by atomic mass is 9.98. The molecule has 0 spiro atoms. The number of hydrogen-bond donors (Lipinski definition) is 2. The largest absolute Gasteiger partial charge is 0.496 e. The van der Waals surface area contributed by atoms with Gasteiger partial charge in [0.15, 0.2) is 0 Å². The zero-order chi connectivity index (χ0) is 20.7. The number of methoxy groups -OCH3 is 3. The van der Waals surface area contributed by atoms with Crippen LogP contribution in [0.25, 0.3) is 0 Å². The zero-order valence-electron chi connectivity index (χ0n) is 16.4. The molecule has 0 saturated carbocycles. The van der Waals surface area contributed by atoms with E-state index < -0.39 is 17.8 Å². The van der Waals surface area contributed by atoms with E-state index in [-0.39, 0.29) is 13.0 Å². The number of para-hydroxylation sites is 1. The minimum Gasteiger partial charge on any atom is -0.496 e. The lowest BCUT2D eigenvalue weighted by Crippen LogP contribution is -2.34. The first-order valence-electron chi connectivity index (χ1n) is 8.76. The number of carboxylic acids is 1. The van der Waals surface area contributed by atoms with E-state index in [4.69, 9.17) is 14.2 Å². The average molecular weight is 387 g/mol. The van der Waals surface area contributed by atoms with Crippen LogP contribution in [0.1, 0.15) is 21.5 Å². The van der Waals surface area contributed by atoms with Crippen molar-refractivity contribution in [2.75, 3.05) is 27.9 Å². The van der Waals surface area contributed by atoms with Crippen molar-refractivity contribution in [1.29, 1.82) is 0 Å². The lowest BCUT2D eigenvalue weighted by molar-refractivity contribution is -0.141. The second-order valence-electron chi connectivity index (χ2n) is 6.27. The molecule has 0 aliphatic carbocycles. The first kappa shape index (κ1) is 21.1. The highest BCUT2D eigenvalue weighted by Gasteiger charge is 2.22. The van der Waals surface area contributed by atoms with Crippen molar-refractivity contribution in [1.82, 2.24) is 5.32 Å². The van der Waals surface area contributed by atoms with Crippen LogP contribution >= 0.6 is 0 Å². The molecule has 0 aliphatic heterocycles. The van der Waals surface area contributed by atoms with Gasteiger partial charge in [-0.25, -0.2) is 0 Å². The maximum atomic E-state index is 12.6. The van der Waals surface area contributed by atoms with Gasteiger partial charge in [-0.3, -0.25) is 9.59 Å². The summed E-state index contributed by atoms with van der Waals surface area (Å²) in [6.45, 7) is 1.80. The number of carbonyl (C=O) groups is 2. The molecule has 0 saturated heterocycles. The first-order chi connectivity index (χ1) is 13.4. The van der Waals surface area contributed by atoms with Crippen LogP contribution in [-0.4, -0.2) is 44.9 Å². The van der Waals surface area contributed by atoms with Crippen LogP contribution in [0.4, 0.5) is 0 Å². The number of ether oxygens (including phenoxy) is 3. The van der Waals surface area contributed by atoms with Crippen molar-refractivity contribution >= 4 is 11.9 Å². The number of nitrogens with one attached hydrogen (secondary N) is 1. The summed E-state index contributed by atoms with van der Waals surface area (Å²) in [4.78, 5) is 24.2. The van der Waals surface area contributed by atoms with E-state index in [0.29, 0.717) is 22.8 Å². The summed E-state index contributed by atoms with van der Waals surface area (Å²) in [6.07, 6.45) is 0.236. The van der Waals surface area contributed by atoms with Crippen molar-refractivity contribution in [3.63, 3.8) is 0 Å². The predicted molar refractivity (Wildman–Crippen MR) is 104 cm³/mol. The van der Waals surface area contributed by atoms with Crippen LogP contribution in [0.2, 0.25) is 0 Å². The highest BCUT2D eigenvalue weighted by atomic mass is 16.5. The third-order valence-corrected chi connectivity index (χ3v) is 4.53. The van der Waals surface area contributed by atoms with Crippen molar-refractivity contribution in [3.8, 4) is 17.2 Å². The molecule has 1 atom stereocenters. The fraction of sp³-hybridized carbons (Fsp3) is 0.333. The molecule has 7 nitrogen and oxygen atoms in total. The Morgan fingerprint density at radius 1 is 1.00 bits per heavy atom. The molecular formula is C21H25NO6. The molecule has 2 N–H and O–H groups in total. The van der Waals surface area contributed by atoms with Gasteiger partial charge in [-0.05, 0) is 37.1 Å². The molecular weight excluding hydrogens is 362 g/mol. The Morgan fingerprint density at radius 2 is 1.57 bits per heavy atom. The maximum absolute atomic E-state index is 12.6. The normalized spacial score (nSPS) is 11.4. The van der Waals surface area contributed by atoms with E-state index in [1.807, 2.05) is 25.1 Å². The van der Waals surface area contributed by atoms with Crippen molar-refractivity contribution in [3.05, 3.63) is 53.1 Å². The van der Waals surface area contributed by atoms with Crippen molar-refractivity contribution in [2.45, 2.75) is 13.3 Å². The molecule has 28 heavy (non-hydrogen) atoms. The SMILES string of the molecule is COc1ccccc1CC(CNC(=O)c1cc(OC)c(C)c(OC)c1)C(=O)O. The van der Waals surface area contributed by atoms with Gasteiger partial charge >= 0.3 is 5.97 Å². The van der Waals surface area contributed by atoms with Gasteiger partial charge in [-0.1, -0.05) is 18.2 Å². The third kappa shape index (κ3) is 4.94. The van der Waals surface area contributed by atoms with Gasteiger partial charge < -0.3 is 24.6 Å². The van der Waals surface area contributed by atoms with Gasteiger partial charge in [0.05, 0.1) is 27.2 Å². The Kier molecular flexibility index (Phi) is 7.26. The van der Waals surface area contributed by atoms with Crippen LogP contribution in [0.3, 0.4) is 0 Å². The van der Waals surface area contributed by atoms with E-state index in [1.165, 1.54) is 21.3 Å². The van der Waals surface area contributed by atoms with Crippen LogP contribution in [0.5, 0.6) is 17.2 Å². The highest BCUT2D eigenvalue weighted by Crippen LogP contribution is 2.29. The summed E-state index contributed by atoms with van der Waals surface area (Å²) in [5.74, 6) is -0.530. The molecule has 1 unspecified atom stereocenters. The first-order valence-corrected chi connectivity index (χ1v) is 8.76. The molecule has 150 valence electrons. The van der Waals surface area contributed by atoms with E-state index in [2.05, 4.69) is 5.32 Å².